The highest BCUT2D eigenvalue weighted by Crippen LogP contribution is 2.29. The molecule has 1 aromatic rings. The lowest BCUT2D eigenvalue weighted by atomic mass is 9.97. The van der Waals surface area contributed by atoms with Crippen molar-refractivity contribution in [2.75, 3.05) is 26.7 Å². The number of hydrogen-bond donors (Lipinski definition) is 0. The summed E-state index contributed by atoms with van der Waals surface area (Å²) < 4.78 is 5.55. The van der Waals surface area contributed by atoms with Gasteiger partial charge in [0, 0.05) is 6.54 Å². The number of alkyl halides is 1. The van der Waals surface area contributed by atoms with Crippen molar-refractivity contribution >= 4 is 11.6 Å². The third kappa shape index (κ3) is 3.36. The number of likely N-dealkylation sites (N-methyl/N-ethyl adjacent to an activating group) is 1. The molecule has 0 bridgehead atoms. The van der Waals surface area contributed by atoms with Crippen molar-refractivity contribution < 1.29 is 4.74 Å². The summed E-state index contributed by atoms with van der Waals surface area (Å²) in [5, 5.41) is 0. The molecule has 0 aliphatic heterocycles. The van der Waals surface area contributed by atoms with E-state index in [0.29, 0.717) is 6.00 Å². The first-order chi connectivity index (χ1) is 8.01. The van der Waals surface area contributed by atoms with E-state index in [1.54, 1.807) is 7.11 Å². The number of nitrogens with zero attached hydrogens (tertiary/aromatic N) is 1. The first-order valence-electron chi connectivity index (χ1n) is 5.89. The van der Waals surface area contributed by atoms with Gasteiger partial charge < -0.3 is 4.74 Å². The normalized spacial score (nSPS) is 11.0. The quantitative estimate of drug-likeness (QED) is 0.591. The van der Waals surface area contributed by atoms with Gasteiger partial charge in [0.1, 0.15) is 5.75 Å². The van der Waals surface area contributed by atoms with Crippen LogP contribution in [-0.4, -0.2) is 31.6 Å². The SMILES string of the molecule is COc1c(C)c(C)cc(C)c1CCN(C)CCl. The lowest BCUT2D eigenvalue weighted by molar-refractivity contribution is 0.379. The minimum atomic E-state index is 0.562. The molecule has 0 fully saturated rings. The van der Waals surface area contributed by atoms with E-state index >= 15 is 0 Å². The molecular formula is C14H22ClNO. The summed E-state index contributed by atoms with van der Waals surface area (Å²) in [6.45, 7) is 7.33. The molecule has 1 aromatic carbocycles. The topological polar surface area (TPSA) is 12.5 Å². The molecule has 0 radical (unpaired) electrons. The molecule has 0 aliphatic rings. The zero-order valence-electron chi connectivity index (χ0n) is 11.4. The summed E-state index contributed by atoms with van der Waals surface area (Å²) in [5.74, 6) is 1.03. The van der Waals surface area contributed by atoms with Gasteiger partial charge >= 0.3 is 0 Å². The van der Waals surface area contributed by atoms with Gasteiger partial charge in [-0.25, -0.2) is 0 Å². The van der Waals surface area contributed by atoms with Gasteiger partial charge in [0.05, 0.1) is 13.1 Å². The minimum Gasteiger partial charge on any atom is -0.496 e. The number of ether oxygens (including phenoxy) is 1. The van der Waals surface area contributed by atoms with Gasteiger partial charge in [-0.3, -0.25) is 4.90 Å². The van der Waals surface area contributed by atoms with Crippen molar-refractivity contribution in [3.63, 3.8) is 0 Å². The molecule has 1 rings (SSSR count). The van der Waals surface area contributed by atoms with Gasteiger partial charge in [-0.15, -0.1) is 11.6 Å². The molecule has 0 unspecified atom stereocenters. The highest BCUT2D eigenvalue weighted by atomic mass is 35.5. The Hall–Kier alpha value is -0.730. The lowest BCUT2D eigenvalue weighted by Gasteiger charge is -2.19. The average Bonchev–Trinajstić information content (AvgIpc) is 2.31. The molecule has 0 heterocycles. The molecule has 0 saturated heterocycles. The molecule has 0 saturated carbocycles. The molecule has 17 heavy (non-hydrogen) atoms. The van der Waals surface area contributed by atoms with Crippen LogP contribution in [0, 0.1) is 20.8 Å². The van der Waals surface area contributed by atoms with Crippen LogP contribution in [0.2, 0.25) is 0 Å². The first-order valence-corrected chi connectivity index (χ1v) is 6.42. The van der Waals surface area contributed by atoms with E-state index in [1.165, 1.54) is 22.3 Å². The molecule has 0 spiro atoms. The maximum atomic E-state index is 5.78. The van der Waals surface area contributed by atoms with Crippen LogP contribution < -0.4 is 4.74 Å². The van der Waals surface area contributed by atoms with Crippen LogP contribution in [0.25, 0.3) is 0 Å². The van der Waals surface area contributed by atoms with Crippen molar-refractivity contribution in [1.82, 2.24) is 4.90 Å². The van der Waals surface area contributed by atoms with Crippen LogP contribution >= 0.6 is 11.6 Å². The van der Waals surface area contributed by atoms with Crippen molar-refractivity contribution in [1.29, 1.82) is 0 Å². The summed E-state index contributed by atoms with van der Waals surface area (Å²) in [4.78, 5) is 2.09. The van der Waals surface area contributed by atoms with Crippen molar-refractivity contribution in [2.45, 2.75) is 27.2 Å². The van der Waals surface area contributed by atoms with Crippen molar-refractivity contribution in [3.05, 3.63) is 28.3 Å². The average molecular weight is 256 g/mol. The third-order valence-electron chi connectivity index (χ3n) is 3.27. The van der Waals surface area contributed by atoms with Crippen LogP contribution in [0.15, 0.2) is 6.07 Å². The summed E-state index contributed by atoms with van der Waals surface area (Å²) in [6.07, 6.45) is 0.972. The summed E-state index contributed by atoms with van der Waals surface area (Å²) >= 11 is 5.78. The fourth-order valence-electron chi connectivity index (χ4n) is 2.05. The largest absolute Gasteiger partial charge is 0.496 e. The molecule has 96 valence electrons. The predicted octanol–water partition coefficient (Wildman–Crippen LogP) is 3.29. The van der Waals surface area contributed by atoms with Crippen molar-refractivity contribution in [3.8, 4) is 5.75 Å². The van der Waals surface area contributed by atoms with Gasteiger partial charge in [0.25, 0.3) is 0 Å². The van der Waals surface area contributed by atoms with E-state index in [0.717, 1.165) is 18.7 Å². The second-order valence-corrected chi connectivity index (χ2v) is 4.84. The van der Waals surface area contributed by atoms with Gasteiger partial charge in [0.2, 0.25) is 0 Å². The molecule has 0 aromatic heterocycles. The molecule has 0 atom stereocenters. The number of rotatable bonds is 5. The number of aryl methyl sites for hydroxylation is 2. The second-order valence-electron chi connectivity index (χ2n) is 4.60. The van der Waals surface area contributed by atoms with Gasteiger partial charge in [-0.2, -0.15) is 0 Å². The summed E-state index contributed by atoms with van der Waals surface area (Å²) in [5.41, 5.74) is 5.12. The highest BCUT2D eigenvalue weighted by molar-refractivity contribution is 6.17. The highest BCUT2D eigenvalue weighted by Gasteiger charge is 2.12. The number of benzene rings is 1. The van der Waals surface area contributed by atoms with E-state index in [1.807, 2.05) is 7.05 Å². The van der Waals surface area contributed by atoms with Gasteiger partial charge in [0.15, 0.2) is 0 Å². The zero-order valence-corrected chi connectivity index (χ0v) is 12.2. The Morgan fingerprint density at radius 2 is 1.88 bits per heavy atom. The summed E-state index contributed by atoms with van der Waals surface area (Å²) in [6, 6.07) is 2.79. The Labute approximate surface area is 110 Å². The van der Waals surface area contributed by atoms with Crippen LogP contribution in [0.3, 0.4) is 0 Å². The molecule has 0 N–H and O–H groups in total. The smallest absolute Gasteiger partial charge is 0.125 e. The standard InChI is InChI=1S/C14H22ClNO/c1-10-8-11(2)13(6-7-16(4)9-15)14(17-5)12(10)3/h8H,6-7,9H2,1-5H3. The van der Waals surface area contributed by atoms with E-state index in [4.69, 9.17) is 16.3 Å². The maximum Gasteiger partial charge on any atom is 0.125 e. The Morgan fingerprint density at radius 1 is 1.24 bits per heavy atom. The fraction of sp³-hybridized carbons (Fsp3) is 0.571. The van der Waals surface area contributed by atoms with Crippen molar-refractivity contribution in [2.24, 2.45) is 0 Å². The predicted molar refractivity (Wildman–Crippen MR) is 74.3 cm³/mol. The molecule has 2 nitrogen and oxygen atoms in total. The first kappa shape index (κ1) is 14.3. The number of halogens is 1. The fourth-order valence-corrected chi connectivity index (χ4v) is 2.17. The lowest BCUT2D eigenvalue weighted by Crippen LogP contribution is -2.20. The Balaban J connectivity index is 3.01. The van der Waals surface area contributed by atoms with E-state index < -0.39 is 0 Å². The molecule has 0 amide bonds. The number of methoxy groups -OCH3 is 1. The summed E-state index contributed by atoms with van der Waals surface area (Å²) in [7, 11) is 3.77. The van der Waals surface area contributed by atoms with Crippen LogP contribution in [0.5, 0.6) is 5.75 Å². The molecular weight excluding hydrogens is 234 g/mol. The second kappa shape index (κ2) is 6.27. The van der Waals surface area contributed by atoms with Gasteiger partial charge in [-0.1, -0.05) is 6.07 Å². The van der Waals surface area contributed by atoms with E-state index in [2.05, 4.69) is 31.7 Å². The van der Waals surface area contributed by atoms with E-state index in [9.17, 15) is 0 Å². The zero-order chi connectivity index (χ0) is 13.0. The minimum absolute atomic E-state index is 0.562. The third-order valence-corrected chi connectivity index (χ3v) is 3.67. The van der Waals surface area contributed by atoms with Crippen LogP contribution in [0.1, 0.15) is 22.3 Å². The molecule has 0 aliphatic carbocycles. The van der Waals surface area contributed by atoms with E-state index in [-0.39, 0.29) is 0 Å². The monoisotopic (exact) mass is 255 g/mol. The Bertz CT molecular complexity index is 390. The van der Waals surface area contributed by atoms with Crippen LogP contribution in [0.4, 0.5) is 0 Å². The Morgan fingerprint density at radius 3 is 2.41 bits per heavy atom. The van der Waals surface area contributed by atoms with Crippen LogP contribution in [-0.2, 0) is 6.42 Å². The maximum absolute atomic E-state index is 5.78. The molecule has 3 heteroatoms. The Kier molecular flexibility index (Phi) is 5.29. The van der Waals surface area contributed by atoms with Gasteiger partial charge in [-0.05, 0) is 56.5 Å². The number of hydrogen-bond acceptors (Lipinski definition) is 2.